The van der Waals surface area contributed by atoms with E-state index >= 15 is 0 Å². The highest BCUT2D eigenvalue weighted by Gasteiger charge is 2.37. The van der Waals surface area contributed by atoms with Gasteiger partial charge in [-0.2, -0.15) is 5.26 Å². The van der Waals surface area contributed by atoms with E-state index < -0.39 is 18.1 Å². The van der Waals surface area contributed by atoms with E-state index in [2.05, 4.69) is 6.07 Å². The smallest absolute Gasteiger partial charge is 0.410 e. The number of hydrogen-bond donors (Lipinski definition) is 0. The van der Waals surface area contributed by atoms with E-state index in [1.165, 1.54) is 11.8 Å². The second-order valence-corrected chi connectivity index (χ2v) is 5.86. The van der Waals surface area contributed by atoms with Crippen LogP contribution in [-0.2, 0) is 4.74 Å². The fourth-order valence-corrected chi connectivity index (χ4v) is 2.31. The van der Waals surface area contributed by atoms with Crippen molar-refractivity contribution in [1.82, 2.24) is 4.90 Å². The highest BCUT2D eigenvalue weighted by molar-refractivity contribution is 5.68. The lowest BCUT2D eigenvalue weighted by atomic mass is 9.79. The van der Waals surface area contributed by atoms with E-state index in [1.807, 2.05) is 13.8 Å². The molecule has 1 aliphatic rings. The molecule has 1 heterocycles. The van der Waals surface area contributed by atoms with Crippen LogP contribution < -0.4 is 0 Å². The molecule has 1 saturated heterocycles. The number of piperidine rings is 1. The van der Waals surface area contributed by atoms with Gasteiger partial charge in [-0.05, 0) is 25.2 Å². The van der Waals surface area contributed by atoms with Crippen molar-refractivity contribution in [2.75, 3.05) is 13.1 Å². The predicted octanol–water partition coefficient (Wildman–Crippen LogP) is 3.28. The molecular formula is C14H22F2N2O2. The maximum Gasteiger partial charge on any atom is 0.410 e. The Morgan fingerprint density at radius 2 is 2.05 bits per heavy atom. The number of ether oxygens (including phenoxy) is 1. The van der Waals surface area contributed by atoms with Gasteiger partial charge >= 0.3 is 6.09 Å². The van der Waals surface area contributed by atoms with Gasteiger partial charge in [-0.1, -0.05) is 13.8 Å². The lowest BCUT2D eigenvalue weighted by molar-refractivity contribution is -0.0963. The monoisotopic (exact) mass is 288 g/mol. The minimum atomic E-state index is -3.06. The Morgan fingerprint density at radius 3 is 2.50 bits per heavy atom. The Hall–Kier alpha value is -1.38. The fourth-order valence-electron chi connectivity index (χ4n) is 2.31. The number of halogens is 2. The van der Waals surface area contributed by atoms with Crippen LogP contribution in [0.1, 0.15) is 34.1 Å². The minimum absolute atomic E-state index is 0.0544. The maximum atomic E-state index is 13.0. The summed E-state index contributed by atoms with van der Waals surface area (Å²) < 4.78 is 30.9. The second kappa shape index (κ2) is 6.38. The third kappa shape index (κ3) is 4.06. The molecule has 6 heteroatoms. The van der Waals surface area contributed by atoms with E-state index in [-0.39, 0.29) is 17.8 Å². The highest BCUT2D eigenvalue weighted by Crippen LogP contribution is 2.30. The molecule has 114 valence electrons. The molecule has 0 aromatic rings. The Morgan fingerprint density at radius 1 is 1.45 bits per heavy atom. The lowest BCUT2D eigenvalue weighted by Crippen LogP contribution is -2.47. The topological polar surface area (TPSA) is 53.3 Å². The molecule has 1 fully saturated rings. The first-order valence-electron chi connectivity index (χ1n) is 6.89. The zero-order chi connectivity index (χ0) is 15.5. The van der Waals surface area contributed by atoms with Gasteiger partial charge in [-0.15, -0.1) is 0 Å². The van der Waals surface area contributed by atoms with Crippen LogP contribution in [0.2, 0.25) is 0 Å². The number of rotatable bonds is 3. The molecule has 1 aliphatic heterocycles. The van der Waals surface area contributed by atoms with E-state index in [4.69, 9.17) is 10.00 Å². The van der Waals surface area contributed by atoms with Crippen molar-refractivity contribution < 1.29 is 18.3 Å². The van der Waals surface area contributed by atoms with Gasteiger partial charge in [0.2, 0.25) is 0 Å². The molecule has 3 unspecified atom stereocenters. The van der Waals surface area contributed by atoms with E-state index in [1.54, 1.807) is 0 Å². The Balaban J connectivity index is 2.65. The summed E-state index contributed by atoms with van der Waals surface area (Å²) in [7, 11) is 0. The van der Waals surface area contributed by atoms with E-state index in [9.17, 15) is 13.6 Å². The average Bonchev–Trinajstić information content (AvgIpc) is 2.36. The number of carbonyl (C=O) groups excluding carboxylic acids is 1. The number of hydrogen-bond acceptors (Lipinski definition) is 3. The van der Waals surface area contributed by atoms with Gasteiger partial charge in [0.05, 0.1) is 12.0 Å². The van der Waals surface area contributed by atoms with Crippen LogP contribution in [0.25, 0.3) is 0 Å². The second-order valence-electron chi connectivity index (χ2n) is 5.86. The molecule has 1 amide bonds. The van der Waals surface area contributed by atoms with Gasteiger partial charge in [0, 0.05) is 20.0 Å². The van der Waals surface area contributed by atoms with Crippen molar-refractivity contribution in [3.05, 3.63) is 0 Å². The van der Waals surface area contributed by atoms with Crippen molar-refractivity contribution in [3.8, 4) is 6.07 Å². The van der Waals surface area contributed by atoms with Crippen LogP contribution in [0.3, 0.4) is 0 Å². The summed E-state index contributed by atoms with van der Waals surface area (Å²) in [6.45, 7) is 6.65. The number of nitriles is 1. The molecule has 1 rings (SSSR count). The Bertz CT molecular complexity index is 388. The zero-order valence-corrected chi connectivity index (χ0v) is 12.4. The number of amides is 1. The van der Waals surface area contributed by atoms with Crippen molar-refractivity contribution in [3.63, 3.8) is 0 Å². The first-order valence-corrected chi connectivity index (χ1v) is 6.89. The average molecular weight is 288 g/mol. The normalized spacial score (nSPS) is 25.2. The van der Waals surface area contributed by atoms with Gasteiger partial charge in [0.15, 0.2) is 6.10 Å². The van der Waals surface area contributed by atoms with Crippen molar-refractivity contribution >= 4 is 6.09 Å². The van der Waals surface area contributed by atoms with E-state index in [0.29, 0.717) is 19.5 Å². The van der Waals surface area contributed by atoms with Gasteiger partial charge in [0.1, 0.15) is 0 Å². The third-order valence-electron chi connectivity index (χ3n) is 3.93. The van der Waals surface area contributed by atoms with Crippen LogP contribution in [0, 0.1) is 29.1 Å². The summed E-state index contributed by atoms with van der Waals surface area (Å²) >= 11 is 0. The quantitative estimate of drug-likeness (QED) is 0.800. The standard InChI is InChI=1S/C14H22F2N2O2/c1-9(2)12-8-18(6-5-11(12)7-17)13(19)20-10(3)14(4,15)16/h9-12H,5-6,8H2,1-4H3. The van der Waals surface area contributed by atoms with Gasteiger partial charge in [-0.25, -0.2) is 13.6 Å². The lowest BCUT2D eigenvalue weighted by Gasteiger charge is -2.37. The molecule has 4 nitrogen and oxygen atoms in total. The molecule has 20 heavy (non-hydrogen) atoms. The third-order valence-corrected chi connectivity index (χ3v) is 3.93. The molecular weight excluding hydrogens is 266 g/mol. The molecule has 0 aliphatic carbocycles. The molecule has 0 aromatic heterocycles. The van der Waals surface area contributed by atoms with Gasteiger partial charge in [0.25, 0.3) is 5.92 Å². The van der Waals surface area contributed by atoms with E-state index in [0.717, 1.165) is 6.92 Å². The number of carbonyl (C=O) groups is 1. The van der Waals surface area contributed by atoms with Crippen molar-refractivity contribution in [2.45, 2.75) is 46.1 Å². The first kappa shape index (κ1) is 16.7. The van der Waals surface area contributed by atoms with Crippen LogP contribution in [0.5, 0.6) is 0 Å². The highest BCUT2D eigenvalue weighted by atomic mass is 19.3. The summed E-state index contributed by atoms with van der Waals surface area (Å²) in [4.78, 5) is 13.3. The molecule has 3 atom stereocenters. The van der Waals surface area contributed by atoms with Gasteiger partial charge < -0.3 is 9.64 Å². The summed E-state index contributed by atoms with van der Waals surface area (Å²) in [5.74, 6) is -2.85. The molecule has 0 saturated carbocycles. The number of likely N-dealkylation sites (tertiary alicyclic amines) is 1. The zero-order valence-electron chi connectivity index (χ0n) is 12.4. The van der Waals surface area contributed by atoms with Crippen LogP contribution in [0.4, 0.5) is 13.6 Å². The summed E-state index contributed by atoms with van der Waals surface area (Å²) in [5.41, 5.74) is 0. The molecule has 0 spiro atoms. The van der Waals surface area contributed by atoms with Crippen LogP contribution in [-0.4, -0.2) is 36.1 Å². The summed E-state index contributed by atoms with van der Waals surface area (Å²) in [6.07, 6.45) is -1.62. The molecule has 0 radical (unpaired) electrons. The van der Waals surface area contributed by atoms with Crippen molar-refractivity contribution in [1.29, 1.82) is 5.26 Å². The van der Waals surface area contributed by atoms with Crippen molar-refractivity contribution in [2.24, 2.45) is 17.8 Å². The van der Waals surface area contributed by atoms with Gasteiger partial charge in [-0.3, -0.25) is 0 Å². The van der Waals surface area contributed by atoms with Crippen LogP contribution in [0.15, 0.2) is 0 Å². The molecule has 0 aromatic carbocycles. The SMILES string of the molecule is CC(C)C1CN(C(=O)OC(C)C(C)(F)F)CCC1C#N. The molecule has 0 N–H and O–H groups in total. The summed E-state index contributed by atoms with van der Waals surface area (Å²) in [5, 5.41) is 9.10. The Kier molecular flexibility index (Phi) is 5.32. The number of alkyl halides is 2. The minimum Gasteiger partial charge on any atom is -0.440 e. The largest absolute Gasteiger partial charge is 0.440 e. The number of nitrogens with zero attached hydrogens (tertiary/aromatic N) is 2. The van der Waals surface area contributed by atoms with Crippen LogP contribution >= 0.6 is 0 Å². The first-order chi connectivity index (χ1) is 9.16. The molecule has 0 bridgehead atoms. The Labute approximate surface area is 118 Å². The predicted molar refractivity (Wildman–Crippen MR) is 70.2 cm³/mol. The fraction of sp³-hybridized carbons (Fsp3) is 0.857. The summed E-state index contributed by atoms with van der Waals surface area (Å²) in [6, 6.07) is 2.26. The maximum absolute atomic E-state index is 13.0.